The molecule has 0 unspecified atom stereocenters. The smallest absolute Gasteiger partial charge is 0.339 e. The molecule has 6 N–H and O–H groups in total. The van der Waals surface area contributed by atoms with Crippen molar-refractivity contribution in [1.29, 1.82) is 0 Å². The van der Waals surface area contributed by atoms with Crippen molar-refractivity contribution in [3.8, 4) is 23.0 Å². The summed E-state index contributed by atoms with van der Waals surface area (Å²) in [7, 11) is 0. The van der Waals surface area contributed by atoms with Crippen LogP contribution in [0.25, 0.3) is 0 Å². The topological polar surface area (TPSA) is 145 Å². The average Bonchev–Trinajstić information content (AvgIpc) is 2.86. The Hall–Kier alpha value is -4.98. The number of anilines is 2. The SMILES string of the molecule is CC(C)(c1ccc(Oc2ccc(N)cc2C(=O)O)cc1)c1ccc(Oc2ccc(N)cc2C(=O)O)cc1. The van der Waals surface area contributed by atoms with E-state index in [4.69, 9.17) is 20.9 Å². The van der Waals surface area contributed by atoms with Gasteiger partial charge in [-0.25, -0.2) is 9.59 Å². The summed E-state index contributed by atoms with van der Waals surface area (Å²) in [6.07, 6.45) is 0. The third-order valence-electron chi connectivity index (χ3n) is 6.08. The van der Waals surface area contributed by atoms with Crippen molar-refractivity contribution < 1.29 is 29.3 Å². The number of carboxylic acids is 2. The van der Waals surface area contributed by atoms with Gasteiger partial charge < -0.3 is 31.2 Å². The number of hydrogen-bond donors (Lipinski definition) is 4. The van der Waals surface area contributed by atoms with Gasteiger partial charge in [-0.05, 0) is 71.8 Å². The summed E-state index contributed by atoms with van der Waals surface area (Å²) in [5.41, 5.74) is 13.7. The lowest BCUT2D eigenvalue weighted by Gasteiger charge is -2.26. The Morgan fingerprint density at radius 3 is 1.30 bits per heavy atom. The van der Waals surface area contributed by atoms with Gasteiger partial charge in [-0.2, -0.15) is 0 Å². The summed E-state index contributed by atoms with van der Waals surface area (Å²) in [6.45, 7) is 4.15. The van der Waals surface area contributed by atoms with E-state index in [9.17, 15) is 19.8 Å². The van der Waals surface area contributed by atoms with Crippen LogP contribution in [0.2, 0.25) is 0 Å². The number of nitrogen functional groups attached to an aromatic ring is 2. The van der Waals surface area contributed by atoms with Gasteiger partial charge in [0.25, 0.3) is 0 Å². The van der Waals surface area contributed by atoms with Gasteiger partial charge in [0.15, 0.2) is 0 Å². The zero-order valence-electron chi connectivity index (χ0n) is 20.3. The highest BCUT2D eigenvalue weighted by atomic mass is 16.5. The molecule has 37 heavy (non-hydrogen) atoms. The zero-order valence-corrected chi connectivity index (χ0v) is 20.3. The third-order valence-corrected chi connectivity index (χ3v) is 6.08. The van der Waals surface area contributed by atoms with Crippen LogP contribution in [0.3, 0.4) is 0 Å². The minimum absolute atomic E-state index is 0.0128. The Labute approximate surface area is 213 Å². The van der Waals surface area contributed by atoms with Gasteiger partial charge in [0.2, 0.25) is 0 Å². The molecule has 0 aromatic heterocycles. The zero-order chi connectivity index (χ0) is 26.7. The monoisotopic (exact) mass is 498 g/mol. The molecule has 0 aliphatic heterocycles. The fourth-order valence-corrected chi connectivity index (χ4v) is 3.91. The largest absolute Gasteiger partial charge is 0.478 e. The minimum atomic E-state index is -1.12. The van der Waals surface area contributed by atoms with E-state index < -0.39 is 11.9 Å². The van der Waals surface area contributed by atoms with Crippen LogP contribution in [-0.4, -0.2) is 22.2 Å². The lowest BCUT2D eigenvalue weighted by molar-refractivity contribution is 0.0683. The molecule has 0 aliphatic rings. The van der Waals surface area contributed by atoms with Gasteiger partial charge >= 0.3 is 11.9 Å². The molecule has 4 aromatic rings. The quantitative estimate of drug-likeness (QED) is 0.211. The second-order valence-corrected chi connectivity index (χ2v) is 9.00. The molecule has 8 nitrogen and oxygen atoms in total. The summed E-state index contributed by atoms with van der Waals surface area (Å²) in [5, 5.41) is 18.8. The Morgan fingerprint density at radius 2 is 0.973 bits per heavy atom. The first kappa shape index (κ1) is 25.1. The van der Waals surface area contributed by atoms with Crippen molar-refractivity contribution in [2.24, 2.45) is 0 Å². The second-order valence-electron chi connectivity index (χ2n) is 9.00. The predicted molar refractivity (Wildman–Crippen MR) is 141 cm³/mol. The molecule has 188 valence electrons. The predicted octanol–water partition coefficient (Wildman–Crippen LogP) is 6.16. The van der Waals surface area contributed by atoms with Crippen LogP contribution in [0.15, 0.2) is 84.9 Å². The molecule has 0 atom stereocenters. The van der Waals surface area contributed by atoms with Crippen LogP contribution in [-0.2, 0) is 5.41 Å². The molecule has 0 amide bonds. The van der Waals surface area contributed by atoms with Crippen LogP contribution < -0.4 is 20.9 Å². The maximum Gasteiger partial charge on any atom is 0.339 e. The van der Waals surface area contributed by atoms with Crippen LogP contribution in [0.5, 0.6) is 23.0 Å². The lowest BCUT2D eigenvalue weighted by Crippen LogP contribution is -2.18. The van der Waals surface area contributed by atoms with Gasteiger partial charge in [0.1, 0.15) is 34.1 Å². The molecule has 8 heteroatoms. The lowest BCUT2D eigenvalue weighted by atomic mass is 9.78. The van der Waals surface area contributed by atoms with Gasteiger partial charge in [-0.3, -0.25) is 0 Å². The minimum Gasteiger partial charge on any atom is -0.478 e. The molecule has 0 radical (unpaired) electrons. The van der Waals surface area contributed by atoms with E-state index in [1.807, 2.05) is 24.3 Å². The van der Waals surface area contributed by atoms with E-state index in [2.05, 4.69) is 13.8 Å². The first-order chi connectivity index (χ1) is 17.5. The number of hydrogen-bond acceptors (Lipinski definition) is 6. The molecule has 4 rings (SSSR count). The van der Waals surface area contributed by atoms with Crippen molar-refractivity contribution in [2.45, 2.75) is 19.3 Å². The molecule has 0 saturated heterocycles. The van der Waals surface area contributed by atoms with Gasteiger partial charge in [0.05, 0.1) is 0 Å². The van der Waals surface area contributed by atoms with Crippen molar-refractivity contribution in [2.75, 3.05) is 11.5 Å². The molecular weight excluding hydrogens is 472 g/mol. The maximum atomic E-state index is 11.5. The van der Waals surface area contributed by atoms with Crippen LogP contribution >= 0.6 is 0 Å². The third kappa shape index (κ3) is 5.48. The molecule has 0 aliphatic carbocycles. The molecule has 4 aromatic carbocycles. The van der Waals surface area contributed by atoms with E-state index in [1.54, 1.807) is 36.4 Å². The molecule has 0 heterocycles. The van der Waals surface area contributed by atoms with E-state index in [0.717, 1.165) is 11.1 Å². The first-order valence-electron chi connectivity index (χ1n) is 11.4. The Kier molecular flexibility index (Phi) is 6.75. The summed E-state index contributed by atoms with van der Waals surface area (Å²) < 4.78 is 11.6. The van der Waals surface area contributed by atoms with E-state index >= 15 is 0 Å². The highest BCUT2D eigenvalue weighted by Gasteiger charge is 2.24. The molecule has 0 bridgehead atoms. The fourth-order valence-electron chi connectivity index (χ4n) is 3.91. The van der Waals surface area contributed by atoms with E-state index in [-0.39, 0.29) is 28.0 Å². The van der Waals surface area contributed by atoms with Crippen molar-refractivity contribution in [3.63, 3.8) is 0 Å². The first-order valence-corrected chi connectivity index (χ1v) is 11.4. The highest BCUT2D eigenvalue weighted by Crippen LogP contribution is 2.35. The van der Waals surface area contributed by atoms with Gasteiger partial charge in [-0.15, -0.1) is 0 Å². The summed E-state index contributed by atoms with van der Waals surface area (Å²) in [4.78, 5) is 23.0. The van der Waals surface area contributed by atoms with Crippen molar-refractivity contribution in [3.05, 3.63) is 107 Å². The standard InChI is InChI=1S/C29H26N2O6/c1-29(2,17-3-9-21(10-4-17)36-25-13-7-19(30)15-23(25)27(32)33)18-5-11-22(12-6-18)37-26-14-8-20(31)16-24(26)28(34)35/h3-16H,30-31H2,1-2H3,(H,32,33)(H,34,35). The Balaban J connectivity index is 1.52. The number of nitrogens with two attached hydrogens (primary N) is 2. The molecular formula is C29H26N2O6. The molecule has 0 fully saturated rings. The Bertz CT molecular complexity index is 1350. The highest BCUT2D eigenvalue weighted by molar-refractivity contribution is 5.92. The summed E-state index contributed by atoms with van der Waals surface area (Å²) in [5.74, 6) is -0.847. The normalized spacial score (nSPS) is 11.1. The molecule has 0 spiro atoms. The van der Waals surface area contributed by atoms with Crippen LogP contribution in [0.1, 0.15) is 45.7 Å². The molecule has 0 saturated carbocycles. The summed E-state index contributed by atoms with van der Waals surface area (Å²) in [6, 6.07) is 23.8. The van der Waals surface area contributed by atoms with Crippen molar-refractivity contribution >= 4 is 23.3 Å². The average molecular weight is 499 g/mol. The number of carbonyl (C=O) groups is 2. The van der Waals surface area contributed by atoms with Gasteiger partial charge in [-0.1, -0.05) is 38.1 Å². The fraction of sp³-hybridized carbons (Fsp3) is 0.103. The Morgan fingerprint density at radius 1 is 0.622 bits per heavy atom. The number of benzene rings is 4. The number of rotatable bonds is 8. The van der Waals surface area contributed by atoms with Crippen LogP contribution in [0.4, 0.5) is 11.4 Å². The van der Waals surface area contributed by atoms with Crippen LogP contribution in [0, 0.1) is 0 Å². The number of aromatic carboxylic acids is 2. The maximum absolute atomic E-state index is 11.5. The van der Waals surface area contributed by atoms with Crippen molar-refractivity contribution in [1.82, 2.24) is 0 Å². The second kappa shape index (κ2) is 9.94. The van der Waals surface area contributed by atoms with E-state index in [1.165, 1.54) is 24.3 Å². The van der Waals surface area contributed by atoms with Gasteiger partial charge in [0, 0.05) is 16.8 Å². The summed E-state index contributed by atoms with van der Waals surface area (Å²) >= 11 is 0. The number of carboxylic acid groups (broad SMARTS) is 2. The van der Waals surface area contributed by atoms with E-state index in [0.29, 0.717) is 22.9 Å². The number of ether oxygens (including phenoxy) is 2.